The first-order chi connectivity index (χ1) is 11.6. The van der Waals surface area contributed by atoms with E-state index >= 15 is 0 Å². The molecule has 0 bridgehead atoms. The summed E-state index contributed by atoms with van der Waals surface area (Å²) in [7, 11) is 1.92. The van der Waals surface area contributed by atoms with Gasteiger partial charge in [-0.1, -0.05) is 42.1 Å². The van der Waals surface area contributed by atoms with E-state index in [2.05, 4.69) is 27.4 Å². The Morgan fingerprint density at radius 3 is 2.71 bits per heavy atom. The summed E-state index contributed by atoms with van der Waals surface area (Å²) < 4.78 is 3.46. The highest BCUT2D eigenvalue weighted by Gasteiger charge is 2.12. The minimum Gasteiger partial charge on any atom is -0.309 e. The molecule has 0 saturated heterocycles. The van der Waals surface area contributed by atoms with Gasteiger partial charge in [-0.25, -0.2) is 0 Å². The summed E-state index contributed by atoms with van der Waals surface area (Å²) in [6.45, 7) is 0. The van der Waals surface area contributed by atoms with Crippen LogP contribution in [0.3, 0.4) is 0 Å². The monoisotopic (exact) mass is 344 g/mol. The number of hydrogen-bond donors (Lipinski definition) is 0. The highest BCUT2D eigenvalue weighted by molar-refractivity contribution is 7.98. The lowest BCUT2D eigenvalue weighted by Crippen LogP contribution is -2.02. The van der Waals surface area contributed by atoms with Crippen LogP contribution in [0.2, 0.25) is 0 Å². The zero-order chi connectivity index (χ0) is 16.9. The molecule has 9 heteroatoms. The summed E-state index contributed by atoms with van der Waals surface area (Å²) in [5.74, 6) is 1.35. The van der Waals surface area contributed by atoms with Crippen LogP contribution < -0.4 is 0 Å². The second-order valence-corrected chi connectivity index (χ2v) is 6.12. The highest BCUT2D eigenvalue weighted by Crippen LogP contribution is 2.19. The topological polar surface area (TPSA) is 91.7 Å². The van der Waals surface area contributed by atoms with Crippen LogP contribution >= 0.6 is 11.8 Å². The Morgan fingerprint density at radius 2 is 2.00 bits per heavy atom. The molecule has 1 aromatic carbocycles. The van der Waals surface area contributed by atoms with Crippen molar-refractivity contribution in [1.29, 1.82) is 0 Å². The molecule has 0 atom stereocenters. The van der Waals surface area contributed by atoms with Gasteiger partial charge in [0.05, 0.1) is 10.8 Å². The predicted octanol–water partition coefficient (Wildman–Crippen LogP) is 2.45. The summed E-state index contributed by atoms with van der Waals surface area (Å²) in [6, 6.07) is 10.2. The van der Waals surface area contributed by atoms with Gasteiger partial charge in [-0.2, -0.15) is 5.10 Å². The van der Waals surface area contributed by atoms with Crippen molar-refractivity contribution in [2.75, 3.05) is 0 Å². The van der Waals surface area contributed by atoms with E-state index in [0.717, 1.165) is 23.8 Å². The third-order valence-corrected chi connectivity index (χ3v) is 4.57. The number of hydrogen-bond acceptors (Lipinski definition) is 6. The van der Waals surface area contributed by atoms with Gasteiger partial charge < -0.3 is 4.57 Å². The largest absolute Gasteiger partial charge is 0.309 e. The highest BCUT2D eigenvalue weighted by atomic mass is 32.2. The average molecular weight is 344 g/mol. The molecule has 0 saturated carbocycles. The van der Waals surface area contributed by atoms with Crippen molar-refractivity contribution in [3.63, 3.8) is 0 Å². The van der Waals surface area contributed by atoms with Gasteiger partial charge in [-0.15, -0.1) is 10.2 Å². The number of thioether (sulfide) groups is 1. The predicted molar refractivity (Wildman–Crippen MR) is 89.6 cm³/mol. The second kappa shape index (κ2) is 7.26. The van der Waals surface area contributed by atoms with Crippen LogP contribution in [0.25, 0.3) is 0 Å². The minimum absolute atomic E-state index is 0.0166. The lowest BCUT2D eigenvalue weighted by Gasteiger charge is -2.04. The zero-order valence-corrected chi connectivity index (χ0v) is 13.9. The molecule has 24 heavy (non-hydrogen) atoms. The molecule has 124 valence electrons. The number of rotatable bonds is 7. The Labute approximate surface area is 142 Å². The van der Waals surface area contributed by atoms with E-state index in [1.54, 1.807) is 0 Å². The van der Waals surface area contributed by atoms with Crippen molar-refractivity contribution in [3.8, 4) is 0 Å². The molecular weight excluding hydrogens is 328 g/mol. The van der Waals surface area contributed by atoms with E-state index in [9.17, 15) is 10.1 Å². The molecular formula is C15H16N6O2S. The maximum absolute atomic E-state index is 10.7. The Hall–Kier alpha value is -2.68. The maximum Gasteiger partial charge on any atom is 0.307 e. The maximum atomic E-state index is 10.7. The Balaban J connectivity index is 1.59. The van der Waals surface area contributed by atoms with Gasteiger partial charge in [0.15, 0.2) is 5.16 Å². The molecule has 8 nitrogen and oxygen atoms in total. The van der Waals surface area contributed by atoms with Crippen LogP contribution in [0.5, 0.6) is 0 Å². The Morgan fingerprint density at radius 1 is 1.21 bits per heavy atom. The van der Waals surface area contributed by atoms with Crippen LogP contribution in [0, 0.1) is 10.1 Å². The van der Waals surface area contributed by atoms with Crippen molar-refractivity contribution >= 4 is 17.4 Å². The summed E-state index contributed by atoms with van der Waals surface area (Å²) in [6.07, 6.45) is 4.35. The van der Waals surface area contributed by atoms with Gasteiger partial charge in [0.2, 0.25) is 0 Å². The summed E-state index contributed by atoms with van der Waals surface area (Å²) in [4.78, 5) is 10.2. The number of aryl methyl sites for hydroxylation is 2. The lowest BCUT2D eigenvalue weighted by molar-refractivity contribution is -0.385. The molecule has 0 aliphatic rings. The minimum atomic E-state index is -0.460. The third-order valence-electron chi connectivity index (χ3n) is 3.56. The summed E-state index contributed by atoms with van der Waals surface area (Å²) in [5, 5.41) is 23.8. The van der Waals surface area contributed by atoms with Crippen LogP contribution in [-0.2, 0) is 25.8 Å². The standard InChI is InChI=1S/C15H16N6O2S/c1-19-14(8-7-12-5-3-2-4-6-12)17-18-15(19)24-11-20-10-13(9-16-20)21(22)23/h2-6,9-10H,7-8,11H2,1H3. The van der Waals surface area contributed by atoms with Crippen molar-refractivity contribution < 1.29 is 4.92 Å². The first-order valence-electron chi connectivity index (χ1n) is 7.35. The summed E-state index contributed by atoms with van der Waals surface area (Å²) >= 11 is 1.43. The molecule has 0 aliphatic heterocycles. The zero-order valence-electron chi connectivity index (χ0n) is 13.1. The second-order valence-electron chi connectivity index (χ2n) is 5.21. The van der Waals surface area contributed by atoms with Gasteiger partial charge in [0.25, 0.3) is 0 Å². The Kier molecular flexibility index (Phi) is 4.90. The molecule has 0 unspecified atom stereocenters. The molecule has 2 aromatic heterocycles. The fourth-order valence-corrected chi connectivity index (χ4v) is 3.02. The van der Waals surface area contributed by atoms with Gasteiger partial charge in [0, 0.05) is 13.5 Å². The Bertz CT molecular complexity index is 830. The number of aromatic nitrogens is 5. The van der Waals surface area contributed by atoms with E-state index in [0.29, 0.717) is 5.88 Å². The number of benzene rings is 1. The molecule has 0 fully saturated rings. The molecule has 0 radical (unpaired) electrons. The number of nitrogens with zero attached hydrogens (tertiary/aromatic N) is 6. The van der Waals surface area contributed by atoms with Crippen molar-refractivity contribution in [2.24, 2.45) is 7.05 Å². The average Bonchev–Trinajstić information content (AvgIpc) is 3.19. The van der Waals surface area contributed by atoms with Gasteiger partial charge in [0.1, 0.15) is 18.2 Å². The fraction of sp³-hybridized carbons (Fsp3) is 0.267. The first kappa shape index (κ1) is 16.2. The van der Waals surface area contributed by atoms with Crippen molar-refractivity contribution in [1.82, 2.24) is 24.5 Å². The van der Waals surface area contributed by atoms with E-state index in [1.807, 2.05) is 29.8 Å². The molecule has 0 aliphatic carbocycles. The fourth-order valence-electron chi connectivity index (χ4n) is 2.23. The lowest BCUT2D eigenvalue weighted by atomic mass is 10.1. The molecule has 0 spiro atoms. The van der Waals surface area contributed by atoms with Crippen molar-refractivity contribution in [2.45, 2.75) is 23.9 Å². The van der Waals surface area contributed by atoms with Crippen LogP contribution in [-0.4, -0.2) is 29.5 Å². The molecule has 3 rings (SSSR count). The van der Waals surface area contributed by atoms with E-state index < -0.39 is 4.92 Å². The molecule has 3 aromatic rings. The number of nitro groups is 1. The smallest absolute Gasteiger partial charge is 0.307 e. The van der Waals surface area contributed by atoms with Crippen molar-refractivity contribution in [3.05, 3.63) is 64.2 Å². The van der Waals surface area contributed by atoms with E-state index in [-0.39, 0.29) is 5.69 Å². The van der Waals surface area contributed by atoms with E-state index in [4.69, 9.17) is 0 Å². The van der Waals surface area contributed by atoms with Gasteiger partial charge >= 0.3 is 5.69 Å². The first-order valence-corrected chi connectivity index (χ1v) is 8.34. The van der Waals surface area contributed by atoms with Gasteiger partial charge in [-0.05, 0) is 12.0 Å². The van der Waals surface area contributed by atoms with Crippen LogP contribution in [0.15, 0.2) is 47.9 Å². The van der Waals surface area contributed by atoms with E-state index in [1.165, 1.54) is 34.4 Å². The quantitative estimate of drug-likeness (QED) is 0.371. The van der Waals surface area contributed by atoms with Gasteiger partial charge in [-0.3, -0.25) is 14.8 Å². The van der Waals surface area contributed by atoms with Crippen LogP contribution in [0.1, 0.15) is 11.4 Å². The SMILES string of the molecule is Cn1c(CCc2ccccc2)nnc1SCn1cc([N+](=O)[O-])cn1. The molecule has 0 N–H and O–H groups in total. The molecule has 0 amide bonds. The van der Waals surface area contributed by atoms with Crippen LogP contribution in [0.4, 0.5) is 5.69 Å². The normalized spacial score (nSPS) is 10.9. The molecule has 2 heterocycles. The summed E-state index contributed by atoms with van der Waals surface area (Å²) in [5.41, 5.74) is 1.25. The third kappa shape index (κ3) is 3.80.